The Morgan fingerprint density at radius 3 is 2.31 bits per heavy atom. The summed E-state index contributed by atoms with van der Waals surface area (Å²) >= 11 is 0. The quantitative estimate of drug-likeness (QED) is 0.453. The van der Waals surface area contributed by atoms with E-state index in [1.807, 2.05) is 6.92 Å². The van der Waals surface area contributed by atoms with Crippen LogP contribution in [0.4, 0.5) is 0 Å². The van der Waals surface area contributed by atoms with E-state index >= 15 is 0 Å². The molecule has 1 aliphatic carbocycles. The van der Waals surface area contributed by atoms with Crippen LogP contribution in [-0.2, 0) is 6.42 Å². The van der Waals surface area contributed by atoms with Crippen LogP contribution in [0.1, 0.15) is 75.0 Å². The van der Waals surface area contributed by atoms with Gasteiger partial charge >= 0.3 is 0 Å². The van der Waals surface area contributed by atoms with E-state index in [0.29, 0.717) is 11.8 Å². The predicted octanol–water partition coefficient (Wildman–Crippen LogP) is 7.31. The van der Waals surface area contributed by atoms with Crippen LogP contribution in [0.3, 0.4) is 0 Å². The van der Waals surface area contributed by atoms with E-state index in [1.54, 1.807) is 0 Å². The fraction of sp³-hybridized carbons (Fsp3) is 0.429. The van der Waals surface area contributed by atoms with E-state index in [1.165, 1.54) is 56.1 Å². The molecule has 0 atom stereocenters. The molecular weight excluding hydrogens is 352 g/mol. The molecule has 0 heterocycles. The van der Waals surface area contributed by atoms with Crippen molar-refractivity contribution in [1.29, 1.82) is 0 Å². The molecule has 1 nitrogen and oxygen atoms in total. The van der Waals surface area contributed by atoms with E-state index in [9.17, 15) is 0 Å². The lowest BCUT2D eigenvalue weighted by Crippen LogP contribution is -2.11. The first-order chi connectivity index (χ1) is 14.3. The van der Waals surface area contributed by atoms with Gasteiger partial charge < -0.3 is 4.74 Å². The second-order valence-corrected chi connectivity index (χ2v) is 8.04. The molecule has 1 heteroatoms. The summed E-state index contributed by atoms with van der Waals surface area (Å²) in [6.07, 6.45) is 13.1. The molecule has 0 bridgehead atoms. The summed E-state index contributed by atoms with van der Waals surface area (Å²) in [5.74, 6) is 8.83. The number of ether oxygens (including phenoxy) is 1. The molecule has 0 spiro atoms. The van der Waals surface area contributed by atoms with Crippen LogP contribution < -0.4 is 4.74 Å². The van der Waals surface area contributed by atoms with Crippen molar-refractivity contribution >= 4 is 0 Å². The summed E-state index contributed by atoms with van der Waals surface area (Å²) in [7, 11) is 0. The Hall–Kier alpha value is -2.46. The number of rotatable bonds is 7. The maximum absolute atomic E-state index is 5.55. The van der Waals surface area contributed by atoms with Gasteiger partial charge in [0.15, 0.2) is 0 Å². The minimum Gasteiger partial charge on any atom is -0.494 e. The van der Waals surface area contributed by atoms with Gasteiger partial charge in [-0.05, 0) is 98.8 Å². The zero-order chi connectivity index (χ0) is 20.3. The summed E-state index contributed by atoms with van der Waals surface area (Å²) < 4.78 is 5.55. The zero-order valence-electron chi connectivity index (χ0n) is 18.0. The van der Waals surface area contributed by atoms with Crippen molar-refractivity contribution in [1.82, 2.24) is 0 Å². The molecule has 0 aliphatic heterocycles. The molecule has 2 aromatic carbocycles. The van der Waals surface area contributed by atoms with Crippen LogP contribution in [0.15, 0.2) is 60.7 Å². The highest BCUT2D eigenvalue weighted by Gasteiger charge is 2.20. The van der Waals surface area contributed by atoms with Crippen molar-refractivity contribution in [2.24, 2.45) is 5.92 Å². The molecule has 0 radical (unpaired) electrons. The van der Waals surface area contributed by atoms with Crippen LogP contribution in [-0.4, -0.2) is 6.61 Å². The first-order valence-corrected chi connectivity index (χ1v) is 11.3. The minimum atomic E-state index is 0.666. The molecule has 2 aromatic rings. The summed E-state index contributed by atoms with van der Waals surface area (Å²) in [5.41, 5.74) is 3.98. The highest BCUT2D eigenvalue weighted by Crippen LogP contribution is 2.36. The molecule has 0 amide bonds. The third kappa shape index (κ3) is 6.82. The Balaban J connectivity index is 1.44. The van der Waals surface area contributed by atoms with Gasteiger partial charge in [-0.15, -0.1) is 0 Å². The topological polar surface area (TPSA) is 9.23 Å². The second-order valence-electron chi connectivity index (χ2n) is 8.04. The van der Waals surface area contributed by atoms with Crippen LogP contribution in [0, 0.1) is 17.8 Å². The van der Waals surface area contributed by atoms with Crippen molar-refractivity contribution < 1.29 is 4.74 Å². The molecule has 0 saturated heterocycles. The Morgan fingerprint density at radius 2 is 1.66 bits per heavy atom. The second kappa shape index (κ2) is 11.5. The average molecular weight is 387 g/mol. The van der Waals surface area contributed by atoms with Gasteiger partial charge in [-0.1, -0.05) is 55.5 Å². The van der Waals surface area contributed by atoms with Crippen molar-refractivity contribution in [2.45, 2.75) is 64.7 Å². The molecule has 0 unspecified atom stereocenters. The van der Waals surface area contributed by atoms with E-state index < -0.39 is 0 Å². The highest BCUT2D eigenvalue weighted by atomic mass is 16.5. The molecule has 0 aromatic heterocycles. The largest absolute Gasteiger partial charge is 0.494 e. The molecule has 1 saturated carbocycles. The van der Waals surface area contributed by atoms with E-state index in [0.717, 1.165) is 17.9 Å². The Labute approximate surface area is 177 Å². The van der Waals surface area contributed by atoms with Crippen molar-refractivity contribution in [3.05, 3.63) is 77.4 Å². The molecule has 29 heavy (non-hydrogen) atoms. The van der Waals surface area contributed by atoms with Gasteiger partial charge in [0.2, 0.25) is 0 Å². The maximum atomic E-state index is 5.55. The standard InChI is InChI=1S/C28H34O/c1-3-5-8-23-11-13-24(14-12-23)9-6-7-10-25-15-17-26(18-16-25)27-19-21-28(22-20-27)29-4-2/h7,10-14,19-22,25-26H,3-5,8,15-18H2,1-2H3. The Kier molecular flexibility index (Phi) is 8.44. The zero-order valence-corrected chi connectivity index (χ0v) is 18.0. The SMILES string of the molecule is CCCCc1ccc(C#CC=CC2CCC(c3ccc(OCC)cc3)CC2)cc1. The van der Waals surface area contributed by atoms with Crippen LogP contribution in [0.2, 0.25) is 0 Å². The molecule has 1 aliphatic rings. The number of hydrogen-bond acceptors (Lipinski definition) is 1. The van der Waals surface area contributed by atoms with Gasteiger partial charge in [0.25, 0.3) is 0 Å². The smallest absolute Gasteiger partial charge is 0.119 e. The lowest BCUT2D eigenvalue weighted by Gasteiger charge is -2.27. The van der Waals surface area contributed by atoms with Gasteiger partial charge in [0.05, 0.1) is 6.61 Å². The molecule has 0 N–H and O–H groups in total. The van der Waals surface area contributed by atoms with Crippen LogP contribution in [0.25, 0.3) is 0 Å². The minimum absolute atomic E-state index is 0.666. The van der Waals surface area contributed by atoms with Gasteiger partial charge in [-0.2, -0.15) is 0 Å². The Bertz CT molecular complexity index is 809. The lowest BCUT2D eigenvalue weighted by atomic mass is 9.78. The highest BCUT2D eigenvalue weighted by molar-refractivity contribution is 5.38. The first-order valence-electron chi connectivity index (χ1n) is 11.3. The number of benzene rings is 2. The first kappa shape index (κ1) is 21.3. The summed E-state index contributed by atoms with van der Waals surface area (Å²) in [6.45, 7) is 4.99. The van der Waals surface area contributed by atoms with E-state index in [4.69, 9.17) is 4.74 Å². The molecular formula is C28H34O. The summed E-state index contributed by atoms with van der Waals surface area (Å²) in [5, 5.41) is 0. The third-order valence-corrected chi connectivity index (χ3v) is 5.88. The van der Waals surface area contributed by atoms with Gasteiger partial charge in [-0.3, -0.25) is 0 Å². The fourth-order valence-corrected chi connectivity index (χ4v) is 4.09. The van der Waals surface area contributed by atoms with Crippen LogP contribution >= 0.6 is 0 Å². The predicted molar refractivity (Wildman–Crippen MR) is 123 cm³/mol. The number of aryl methyl sites for hydroxylation is 1. The number of unbranched alkanes of at least 4 members (excludes halogenated alkanes) is 1. The number of allylic oxidation sites excluding steroid dienone is 2. The number of hydrogen-bond donors (Lipinski definition) is 0. The van der Waals surface area contributed by atoms with Gasteiger partial charge in [-0.25, -0.2) is 0 Å². The van der Waals surface area contributed by atoms with Gasteiger partial charge in [0, 0.05) is 5.56 Å². The normalized spacial score (nSPS) is 19.0. The van der Waals surface area contributed by atoms with Crippen molar-refractivity contribution in [3.8, 4) is 17.6 Å². The maximum Gasteiger partial charge on any atom is 0.119 e. The van der Waals surface area contributed by atoms with Crippen LogP contribution in [0.5, 0.6) is 5.75 Å². The molecule has 1 fully saturated rings. The van der Waals surface area contributed by atoms with E-state index in [2.05, 4.69) is 79.4 Å². The van der Waals surface area contributed by atoms with Gasteiger partial charge in [0.1, 0.15) is 5.75 Å². The van der Waals surface area contributed by atoms with Crippen molar-refractivity contribution in [3.63, 3.8) is 0 Å². The molecule has 3 rings (SSSR count). The summed E-state index contributed by atoms with van der Waals surface area (Å²) in [6, 6.07) is 17.4. The molecule has 152 valence electrons. The van der Waals surface area contributed by atoms with Crippen molar-refractivity contribution in [2.75, 3.05) is 6.61 Å². The fourth-order valence-electron chi connectivity index (χ4n) is 4.09. The average Bonchev–Trinajstić information content (AvgIpc) is 2.77. The lowest BCUT2D eigenvalue weighted by molar-refractivity contribution is 0.339. The van der Waals surface area contributed by atoms with E-state index in [-0.39, 0.29) is 0 Å². The third-order valence-electron chi connectivity index (χ3n) is 5.88. The summed E-state index contributed by atoms with van der Waals surface area (Å²) in [4.78, 5) is 0. The Morgan fingerprint density at radius 1 is 0.931 bits per heavy atom. The monoisotopic (exact) mass is 386 g/mol.